The molecule has 1 rings (SSSR count). The number of rotatable bonds is 9. The second-order valence-corrected chi connectivity index (χ2v) is 4.70. The molecule has 1 aromatic carbocycles. The quantitative estimate of drug-likeness (QED) is 0.705. The monoisotopic (exact) mass is 280 g/mol. The minimum Gasteiger partial charge on any atom is -0.494 e. The van der Waals surface area contributed by atoms with Gasteiger partial charge in [-0.3, -0.25) is 4.79 Å². The average molecular weight is 280 g/mol. The fourth-order valence-electron chi connectivity index (χ4n) is 1.74. The molecule has 0 saturated heterocycles. The molecule has 1 atom stereocenters. The first-order chi connectivity index (χ1) is 9.67. The standard InChI is InChI=1S/C16H24O4/c1-3-10-19-14-7-5-6-13(12-14)15(17)8-9-16(18)20-11-4-2/h5-7,12,15,17H,3-4,8-11H2,1-2H3. The first-order valence-electron chi connectivity index (χ1n) is 7.23. The van der Waals surface area contributed by atoms with Crippen LogP contribution in [0.15, 0.2) is 24.3 Å². The van der Waals surface area contributed by atoms with Crippen molar-refractivity contribution in [2.45, 2.75) is 45.6 Å². The van der Waals surface area contributed by atoms with E-state index in [-0.39, 0.29) is 12.4 Å². The van der Waals surface area contributed by atoms with E-state index in [1.807, 2.05) is 38.1 Å². The Balaban J connectivity index is 2.46. The van der Waals surface area contributed by atoms with E-state index in [2.05, 4.69) is 0 Å². The van der Waals surface area contributed by atoms with Crippen LogP contribution in [0.3, 0.4) is 0 Å². The Morgan fingerprint density at radius 3 is 2.70 bits per heavy atom. The molecule has 0 radical (unpaired) electrons. The molecule has 0 aromatic heterocycles. The van der Waals surface area contributed by atoms with Gasteiger partial charge in [0.05, 0.1) is 19.3 Å². The van der Waals surface area contributed by atoms with Crippen LogP contribution in [0.1, 0.15) is 51.2 Å². The van der Waals surface area contributed by atoms with Crippen molar-refractivity contribution in [3.05, 3.63) is 29.8 Å². The summed E-state index contributed by atoms with van der Waals surface area (Å²) in [5.74, 6) is 0.487. The minimum atomic E-state index is -0.672. The van der Waals surface area contributed by atoms with Crippen LogP contribution in [0.2, 0.25) is 0 Å². The van der Waals surface area contributed by atoms with Gasteiger partial charge in [0.15, 0.2) is 0 Å². The zero-order valence-corrected chi connectivity index (χ0v) is 12.3. The molecular formula is C16H24O4. The summed E-state index contributed by atoms with van der Waals surface area (Å²) < 4.78 is 10.5. The molecule has 112 valence electrons. The number of esters is 1. The third kappa shape index (κ3) is 6.06. The topological polar surface area (TPSA) is 55.8 Å². The molecule has 4 nitrogen and oxygen atoms in total. The highest BCUT2D eigenvalue weighted by molar-refractivity contribution is 5.69. The van der Waals surface area contributed by atoms with Gasteiger partial charge < -0.3 is 14.6 Å². The fourth-order valence-corrected chi connectivity index (χ4v) is 1.74. The Morgan fingerprint density at radius 2 is 2.00 bits per heavy atom. The summed E-state index contributed by atoms with van der Waals surface area (Å²) in [7, 11) is 0. The normalized spacial score (nSPS) is 11.9. The van der Waals surface area contributed by atoms with Crippen LogP contribution in [-0.2, 0) is 9.53 Å². The highest BCUT2D eigenvalue weighted by Crippen LogP contribution is 2.23. The van der Waals surface area contributed by atoms with Crippen LogP contribution in [0, 0.1) is 0 Å². The Morgan fingerprint density at radius 1 is 1.25 bits per heavy atom. The summed E-state index contributed by atoms with van der Waals surface area (Å²) in [5.41, 5.74) is 0.766. The third-order valence-corrected chi connectivity index (χ3v) is 2.80. The number of carbonyl (C=O) groups is 1. The van der Waals surface area contributed by atoms with Crippen LogP contribution in [0.4, 0.5) is 0 Å². The number of hydrogen-bond acceptors (Lipinski definition) is 4. The lowest BCUT2D eigenvalue weighted by Crippen LogP contribution is -2.08. The minimum absolute atomic E-state index is 0.223. The van der Waals surface area contributed by atoms with E-state index in [1.165, 1.54) is 0 Å². The van der Waals surface area contributed by atoms with Crippen molar-refractivity contribution >= 4 is 5.97 Å². The van der Waals surface area contributed by atoms with Gasteiger partial charge in [-0.2, -0.15) is 0 Å². The highest BCUT2D eigenvalue weighted by atomic mass is 16.5. The molecular weight excluding hydrogens is 256 g/mol. The van der Waals surface area contributed by atoms with Gasteiger partial charge in [0.1, 0.15) is 5.75 Å². The Kier molecular flexibility index (Phi) is 7.73. The molecule has 4 heteroatoms. The lowest BCUT2D eigenvalue weighted by molar-refractivity contribution is -0.144. The average Bonchev–Trinajstić information content (AvgIpc) is 2.48. The molecule has 20 heavy (non-hydrogen) atoms. The molecule has 0 aliphatic rings. The van der Waals surface area contributed by atoms with E-state index in [4.69, 9.17) is 9.47 Å². The number of hydrogen-bond donors (Lipinski definition) is 1. The number of aliphatic hydroxyl groups excluding tert-OH is 1. The molecule has 0 spiro atoms. The summed E-state index contributed by atoms with van der Waals surface area (Å²) in [6.07, 6.45) is 1.66. The smallest absolute Gasteiger partial charge is 0.305 e. The second-order valence-electron chi connectivity index (χ2n) is 4.70. The number of aliphatic hydroxyl groups is 1. The predicted molar refractivity (Wildman–Crippen MR) is 77.7 cm³/mol. The molecule has 0 amide bonds. The molecule has 0 fully saturated rings. The van der Waals surface area contributed by atoms with Crippen molar-refractivity contribution in [2.75, 3.05) is 13.2 Å². The van der Waals surface area contributed by atoms with Gasteiger partial charge in [-0.25, -0.2) is 0 Å². The van der Waals surface area contributed by atoms with E-state index < -0.39 is 6.10 Å². The molecule has 1 N–H and O–H groups in total. The van der Waals surface area contributed by atoms with Crippen LogP contribution in [0.25, 0.3) is 0 Å². The SMILES string of the molecule is CCCOC(=O)CCC(O)c1cccc(OCCC)c1. The number of benzene rings is 1. The van der Waals surface area contributed by atoms with Crippen molar-refractivity contribution in [1.82, 2.24) is 0 Å². The van der Waals surface area contributed by atoms with Gasteiger partial charge in [-0.05, 0) is 37.0 Å². The first kappa shape index (κ1) is 16.5. The Bertz CT molecular complexity index is 403. The van der Waals surface area contributed by atoms with Crippen molar-refractivity contribution in [3.63, 3.8) is 0 Å². The van der Waals surface area contributed by atoms with Crippen LogP contribution >= 0.6 is 0 Å². The van der Waals surface area contributed by atoms with E-state index in [0.29, 0.717) is 19.6 Å². The molecule has 0 saturated carbocycles. The lowest BCUT2D eigenvalue weighted by atomic mass is 10.0. The lowest BCUT2D eigenvalue weighted by Gasteiger charge is -2.12. The van der Waals surface area contributed by atoms with Crippen LogP contribution < -0.4 is 4.74 Å². The summed E-state index contributed by atoms with van der Waals surface area (Å²) in [4.78, 5) is 11.4. The third-order valence-electron chi connectivity index (χ3n) is 2.80. The molecule has 0 aliphatic heterocycles. The van der Waals surface area contributed by atoms with Crippen molar-refractivity contribution in [3.8, 4) is 5.75 Å². The van der Waals surface area contributed by atoms with E-state index in [0.717, 1.165) is 24.2 Å². The van der Waals surface area contributed by atoms with E-state index in [1.54, 1.807) is 0 Å². The Labute approximate surface area is 120 Å². The molecule has 0 heterocycles. The van der Waals surface area contributed by atoms with Gasteiger partial charge in [0, 0.05) is 6.42 Å². The molecule has 0 bridgehead atoms. The zero-order valence-electron chi connectivity index (χ0n) is 12.3. The van der Waals surface area contributed by atoms with Crippen molar-refractivity contribution < 1.29 is 19.4 Å². The summed E-state index contributed by atoms with van der Waals surface area (Å²) in [6, 6.07) is 7.36. The van der Waals surface area contributed by atoms with Crippen LogP contribution in [0.5, 0.6) is 5.75 Å². The van der Waals surface area contributed by atoms with Gasteiger partial charge in [-0.1, -0.05) is 26.0 Å². The van der Waals surface area contributed by atoms with Crippen molar-refractivity contribution in [1.29, 1.82) is 0 Å². The maximum absolute atomic E-state index is 11.4. The zero-order chi connectivity index (χ0) is 14.8. The van der Waals surface area contributed by atoms with Crippen LogP contribution in [-0.4, -0.2) is 24.3 Å². The van der Waals surface area contributed by atoms with Gasteiger partial charge in [0.25, 0.3) is 0 Å². The van der Waals surface area contributed by atoms with Gasteiger partial charge in [0.2, 0.25) is 0 Å². The summed E-state index contributed by atoms with van der Waals surface area (Å²) >= 11 is 0. The van der Waals surface area contributed by atoms with Crippen molar-refractivity contribution in [2.24, 2.45) is 0 Å². The van der Waals surface area contributed by atoms with E-state index in [9.17, 15) is 9.90 Å². The molecule has 1 aromatic rings. The Hall–Kier alpha value is -1.55. The van der Waals surface area contributed by atoms with Gasteiger partial charge >= 0.3 is 5.97 Å². The maximum atomic E-state index is 11.4. The molecule has 0 aliphatic carbocycles. The predicted octanol–water partition coefficient (Wildman–Crippen LogP) is 3.24. The van der Waals surface area contributed by atoms with E-state index >= 15 is 0 Å². The molecule has 1 unspecified atom stereocenters. The summed E-state index contributed by atoms with van der Waals surface area (Å²) in [5, 5.41) is 10.1. The largest absolute Gasteiger partial charge is 0.494 e. The second kappa shape index (κ2) is 9.37. The van der Waals surface area contributed by atoms with Gasteiger partial charge in [-0.15, -0.1) is 0 Å². The highest BCUT2D eigenvalue weighted by Gasteiger charge is 2.12. The maximum Gasteiger partial charge on any atom is 0.305 e. The number of ether oxygens (including phenoxy) is 2. The fraction of sp³-hybridized carbons (Fsp3) is 0.562. The first-order valence-corrected chi connectivity index (χ1v) is 7.23. The number of carbonyl (C=O) groups excluding carboxylic acids is 1. The summed E-state index contributed by atoms with van der Waals surface area (Å²) in [6.45, 7) is 5.09.